The Bertz CT molecular complexity index is 824. The molecule has 0 aromatic heterocycles. The summed E-state index contributed by atoms with van der Waals surface area (Å²) in [4.78, 5) is 12.7. The van der Waals surface area contributed by atoms with Crippen LogP contribution in [0.3, 0.4) is 0 Å². The van der Waals surface area contributed by atoms with Crippen molar-refractivity contribution < 1.29 is 4.79 Å². The van der Waals surface area contributed by atoms with Crippen LogP contribution in [-0.4, -0.2) is 25.0 Å². The van der Waals surface area contributed by atoms with Crippen LogP contribution in [0.2, 0.25) is 0 Å². The quantitative estimate of drug-likeness (QED) is 0.603. The Morgan fingerprint density at radius 3 is 2.41 bits per heavy atom. The molecule has 0 radical (unpaired) electrons. The van der Waals surface area contributed by atoms with Gasteiger partial charge in [0.15, 0.2) is 0 Å². The number of hydrogen-bond acceptors (Lipinski definition) is 2. The highest BCUT2D eigenvalue weighted by Gasteiger charge is 2.60. The number of amides is 1. The van der Waals surface area contributed by atoms with E-state index in [1.165, 1.54) is 51.4 Å². The van der Waals surface area contributed by atoms with Crippen LogP contribution in [-0.2, 0) is 0 Å². The minimum Gasteiger partial charge on any atom is -0.349 e. The van der Waals surface area contributed by atoms with Crippen LogP contribution < -0.4 is 10.6 Å². The van der Waals surface area contributed by atoms with E-state index in [2.05, 4.69) is 38.5 Å². The Morgan fingerprint density at radius 2 is 1.66 bits per heavy atom. The van der Waals surface area contributed by atoms with Gasteiger partial charge in [-0.05, 0) is 124 Å². The molecule has 4 fully saturated rings. The predicted octanol–water partition coefficient (Wildman–Crippen LogP) is 6.05. The van der Waals surface area contributed by atoms with Crippen molar-refractivity contribution in [3.63, 3.8) is 0 Å². The molecular weight excluding hydrogens is 392 g/mol. The van der Waals surface area contributed by atoms with E-state index < -0.39 is 0 Å². The summed E-state index contributed by atoms with van der Waals surface area (Å²) in [5.41, 5.74) is 1.81. The van der Waals surface area contributed by atoms with E-state index >= 15 is 0 Å². The highest BCUT2D eigenvalue weighted by molar-refractivity contribution is 5.94. The van der Waals surface area contributed by atoms with E-state index in [1.807, 2.05) is 30.3 Å². The summed E-state index contributed by atoms with van der Waals surface area (Å²) >= 11 is 0. The number of nitrogens with one attached hydrogen (secondary N) is 2. The van der Waals surface area contributed by atoms with Crippen molar-refractivity contribution in [3.05, 3.63) is 35.9 Å². The molecule has 4 saturated carbocycles. The minimum atomic E-state index is 0.108. The Morgan fingerprint density at radius 1 is 0.938 bits per heavy atom. The van der Waals surface area contributed by atoms with Gasteiger partial charge in [0.05, 0.1) is 0 Å². The molecule has 5 rings (SSSR count). The van der Waals surface area contributed by atoms with Gasteiger partial charge in [-0.1, -0.05) is 32.0 Å². The molecule has 1 aromatic rings. The largest absolute Gasteiger partial charge is 0.349 e. The second-order valence-corrected chi connectivity index (χ2v) is 12.3. The second kappa shape index (κ2) is 8.46. The molecule has 3 heteroatoms. The third-order valence-electron chi connectivity index (χ3n) is 11.2. The normalized spacial score (nSPS) is 44.1. The van der Waals surface area contributed by atoms with Crippen molar-refractivity contribution in [1.82, 2.24) is 10.6 Å². The van der Waals surface area contributed by atoms with E-state index in [0.29, 0.717) is 22.9 Å². The topological polar surface area (TPSA) is 41.1 Å². The monoisotopic (exact) mass is 436 g/mol. The lowest BCUT2D eigenvalue weighted by atomic mass is 9.44. The summed E-state index contributed by atoms with van der Waals surface area (Å²) < 4.78 is 0. The number of benzene rings is 1. The molecule has 32 heavy (non-hydrogen) atoms. The predicted molar refractivity (Wildman–Crippen MR) is 131 cm³/mol. The third-order valence-corrected chi connectivity index (χ3v) is 11.2. The molecule has 3 nitrogen and oxygen atoms in total. The second-order valence-electron chi connectivity index (χ2n) is 12.3. The molecule has 1 amide bonds. The maximum atomic E-state index is 12.7. The lowest BCUT2D eigenvalue weighted by Gasteiger charge is -2.61. The van der Waals surface area contributed by atoms with Gasteiger partial charge in [0.1, 0.15) is 0 Å². The van der Waals surface area contributed by atoms with Gasteiger partial charge in [-0.15, -0.1) is 0 Å². The Hall–Kier alpha value is -1.35. The molecule has 0 bridgehead atoms. The first-order valence-corrected chi connectivity index (χ1v) is 13.4. The van der Waals surface area contributed by atoms with E-state index in [-0.39, 0.29) is 5.91 Å². The summed E-state index contributed by atoms with van der Waals surface area (Å²) in [6.45, 7) is 7.69. The van der Waals surface area contributed by atoms with Crippen molar-refractivity contribution >= 4 is 5.91 Å². The standard InChI is InChI=1S/C29H44N2O/c1-19(30-4)24-12-13-25-23-11-10-21-18-22(31-27(32)20-8-6-5-7-9-20)14-16-28(21,2)26(23)15-17-29(24,25)3/h5-9,19,21-26,30H,10-18H2,1-4H3,(H,31,32). The number of rotatable bonds is 4. The molecule has 176 valence electrons. The smallest absolute Gasteiger partial charge is 0.251 e. The van der Waals surface area contributed by atoms with E-state index in [4.69, 9.17) is 0 Å². The first-order chi connectivity index (χ1) is 15.4. The van der Waals surface area contributed by atoms with Gasteiger partial charge in [-0.2, -0.15) is 0 Å². The van der Waals surface area contributed by atoms with Crippen LogP contribution in [0.5, 0.6) is 0 Å². The van der Waals surface area contributed by atoms with E-state index in [1.54, 1.807) is 0 Å². The van der Waals surface area contributed by atoms with Gasteiger partial charge in [0.25, 0.3) is 5.91 Å². The van der Waals surface area contributed by atoms with Crippen LogP contribution in [0.4, 0.5) is 0 Å². The molecule has 0 aliphatic heterocycles. The zero-order valence-electron chi connectivity index (χ0n) is 20.7. The van der Waals surface area contributed by atoms with Crippen molar-refractivity contribution in [2.75, 3.05) is 7.05 Å². The van der Waals surface area contributed by atoms with Crippen molar-refractivity contribution in [1.29, 1.82) is 0 Å². The first-order valence-electron chi connectivity index (χ1n) is 13.4. The highest BCUT2D eigenvalue weighted by Crippen LogP contribution is 2.67. The number of carbonyl (C=O) groups excluding carboxylic acids is 1. The van der Waals surface area contributed by atoms with Gasteiger partial charge >= 0.3 is 0 Å². The van der Waals surface area contributed by atoms with Gasteiger partial charge in [-0.3, -0.25) is 4.79 Å². The van der Waals surface area contributed by atoms with E-state index in [9.17, 15) is 4.79 Å². The zero-order valence-corrected chi connectivity index (χ0v) is 20.7. The molecule has 0 spiro atoms. The Balaban J connectivity index is 1.27. The van der Waals surface area contributed by atoms with Gasteiger partial charge in [-0.25, -0.2) is 0 Å². The molecule has 9 unspecified atom stereocenters. The van der Waals surface area contributed by atoms with Gasteiger partial charge in [0.2, 0.25) is 0 Å². The highest BCUT2D eigenvalue weighted by atomic mass is 16.1. The van der Waals surface area contributed by atoms with Crippen LogP contribution in [0, 0.1) is 40.4 Å². The lowest BCUT2D eigenvalue weighted by Crippen LogP contribution is -2.56. The summed E-state index contributed by atoms with van der Waals surface area (Å²) in [7, 11) is 2.15. The number of fused-ring (bicyclic) bond motifs is 5. The van der Waals surface area contributed by atoms with Crippen molar-refractivity contribution in [3.8, 4) is 0 Å². The molecule has 2 N–H and O–H groups in total. The van der Waals surface area contributed by atoms with Crippen LogP contribution >= 0.6 is 0 Å². The van der Waals surface area contributed by atoms with Gasteiger partial charge in [0, 0.05) is 17.6 Å². The fourth-order valence-corrected chi connectivity index (χ4v) is 9.31. The fourth-order valence-electron chi connectivity index (χ4n) is 9.31. The number of carbonyl (C=O) groups is 1. The molecule has 0 heterocycles. The van der Waals surface area contributed by atoms with E-state index in [0.717, 1.165) is 41.6 Å². The maximum Gasteiger partial charge on any atom is 0.251 e. The molecule has 9 atom stereocenters. The third kappa shape index (κ3) is 3.54. The Kier molecular flexibility index (Phi) is 5.93. The molecular formula is C29H44N2O. The molecule has 1 aromatic carbocycles. The lowest BCUT2D eigenvalue weighted by molar-refractivity contribution is -0.115. The van der Waals surface area contributed by atoms with Crippen LogP contribution in [0.15, 0.2) is 30.3 Å². The zero-order chi connectivity index (χ0) is 22.5. The van der Waals surface area contributed by atoms with Crippen LogP contribution in [0.25, 0.3) is 0 Å². The molecule has 4 aliphatic carbocycles. The molecule has 4 aliphatic rings. The summed E-state index contributed by atoms with van der Waals surface area (Å²) in [6, 6.07) is 10.7. The van der Waals surface area contributed by atoms with Gasteiger partial charge < -0.3 is 10.6 Å². The van der Waals surface area contributed by atoms with Crippen molar-refractivity contribution in [2.45, 2.75) is 90.6 Å². The SMILES string of the molecule is CNC(C)C1CCC2C3CCC4CC(NC(=O)c5ccccc5)CCC4(C)C3CCC12C. The van der Waals surface area contributed by atoms with Crippen molar-refractivity contribution in [2.24, 2.45) is 40.4 Å². The molecule has 0 saturated heterocycles. The average Bonchev–Trinajstić information content (AvgIpc) is 3.16. The Labute approximate surface area is 195 Å². The summed E-state index contributed by atoms with van der Waals surface area (Å²) in [5.74, 6) is 4.48. The summed E-state index contributed by atoms with van der Waals surface area (Å²) in [5, 5.41) is 6.97. The number of hydrogen-bond donors (Lipinski definition) is 2. The fraction of sp³-hybridized carbons (Fsp3) is 0.759. The maximum absolute atomic E-state index is 12.7. The minimum absolute atomic E-state index is 0.108. The van der Waals surface area contributed by atoms with Crippen LogP contribution in [0.1, 0.15) is 88.9 Å². The first kappa shape index (κ1) is 22.4. The summed E-state index contributed by atoms with van der Waals surface area (Å²) in [6.07, 6.45) is 12.1. The average molecular weight is 437 g/mol.